The van der Waals surface area contributed by atoms with Crippen LogP contribution >= 0.6 is 0 Å². The van der Waals surface area contributed by atoms with Crippen LogP contribution in [0.5, 0.6) is 0 Å². The fourth-order valence-corrected chi connectivity index (χ4v) is 2.49. The van der Waals surface area contributed by atoms with E-state index in [-0.39, 0.29) is 17.9 Å². The van der Waals surface area contributed by atoms with Gasteiger partial charge in [0.05, 0.1) is 18.2 Å². The molecule has 0 fully saturated rings. The molecule has 7 nitrogen and oxygen atoms in total. The molecule has 1 N–H and O–H groups in total. The molecule has 130 valence electrons. The number of nitrogens with zero attached hydrogens (tertiary/aromatic N) is 4. The lowest BCUT2D eigenvalue weighted by molar-refractivity contribution is -0.121. The van der Waals surface area contributed by atoms with E-state index in [1.807, 2.05) is 44.2 Å². The second kappa shape index (κ2) is 7.29. The maximum atomic E-state index is 12.6. The quantitative estimate of drug-likeness (QED) is 0.742. The number of nitrogens with one attached hydrogen (secondary N) is 1. The van der Waals surface area contributed by atoms with Gasteiger partial charge in [-0.25, -0.2) is 9.67 Å². The number of hydrogen-bond donors (Lipinski definition) is 1. The van der Waals surface area contributed by atoms with Crippen molar-refractivity contribution in [2.24, 2.45) is 5.92 Å². The number of para-hydroxylation sites is 1. The van der Waals surface area contributed by atoms with Gasteiger partial charge >= 0.3 is 0 Å². The van der Waals surface area contributed by atoms with Gasteiger partial charge < -0.3 is 5.32 Å². The molecule has 0 aliphatic heterocycles. The molecule has 3 rings (SSSR count). The van der Waals surface area contributed by atoms with E-state index in [0.717, 1.165) is 5.69 Å². The third-order valence-corrected chi connectivity index (χ3v) is 3.84. The Balaban J connectivity index is 1.80. The smallest absolute Gasteiger partial charge is 0.264 e. The van der Waals surface area contributed by atoms with Crippen molar-refractivity contribution < 1.29 is 4.79 Å². The maximum absolute atomic E-state index is 12.6. The molecule has 0 bridgehead atoms. The van der Waals surface area contributed by atoms with E-state index in [2.05, 4.69) is 15.4 Å². The molecule has 0 aliphatic rings. The van der Waals surface area contributed by atoms with Crippen molar-refractivity contribution in [1.82, 2.24) is 24.6 Å². The number of carbonyl (C=O) groups excluding carboxylic acids is 1. The summed E-state index contributed by atoms with van der Waals surface area (Å²) in [6, 6.07) is 9.52. The topological polar surface area (TPSA) is 81.8 Å². The van der Waals surface area contributed by atoms with Crippen LogP contribution in [0.25, 0.3) is 16.7 Å². The highest BCUT2D eigenvalue weighted by atomic mass is 16.1. The van der Waals surface area contributed by atoms with Crippen LogP contribution in [0.2, 0.25) is 0 Å². The minimum Gasteiger partial charge on any atom is -0.356 e. The molecule has 7 heteroatoms. The molecule has 2 heterocycles. The molecular weight excluding hydrogens is 318 g/mol. The average Bonchev–Trinajstić information content (AvgIpc) is 3.05. The summed E-state index contributed by atoms with van der Waals surface area (Å²) in [5.74, 6) is 0.328. The molecule has 2 aromatic heterocycles. The van der Waals surface area contributed by atoms with Crippen molar-refractivity contribution in [2.75, 3.05) is 6.54 Å². The van der Waals surface area contributed by atoms with Gasteiger partial charge in [0.25, 0.3) is 5.56 Å². The monoisotopic (exact) mass is 339 g/mol. The van der Waals surface area contributed by atoms with Crippen molar-refractivity contribution in [3.05, 3.63) is 53.2 Å². The Kier molecular flexibility index (Phi) is 4.92. The molecule has 1 amide bonds. The molecule has 0 saturated carbocycles. The summed E-state index contributed by atoms with van der Waals surface area (Å²) < 4.78 is 3.09. The first-order valence-electron chi connectivity index (χ1n) is 8.31. The van der Waals surface area contributed by atoms with E-state index in [1.165, 1.54) is 17.1 Å². The Morgan fingerprint density at radius 3 is 2.72 bits per heavy atom. The molecule has 1 aromatic carbocycles. The Labute approximate surface area is 145 Å². The van der Waals surface area contributed by atoms with Gasteiger partial charge in [-0.05, 0) is 18.1 Å². The number of rotatable bonds is 6. The van der Waals surface area contributed by atoms with E-state index in [4.69, 9.17) is 0 Å². The minimum absolute atomic E-state index is 0.0688. The Morgan fingerprint density at radius 2 is 2.00 bits per heavy atom. The van der Waals surface area contributed by atoms with Crippen LogP contribution in [0.15, 0.2) is 47.7 Å². The number of aryl methyl sites for hydroxylation is 1. The lowest BCUT2D eigenvalue weighted by atomic mass is 10.2. The Hall–Kier alpha value is -2.96. The highest BCUT2D eigenvalue weighted by Gasteiger charge is 2.12. The molecule has 0 aliphatic carbocycles. The normalized spacial score (nSPS) is 11.2. The largest absolute Gasteiger partial charge is 0.356 e. The summed E-state index contributed by atoms with van der Waals surface area (Å²) in [6.45, 7) is 5.00. The zero-order valence-corrected chi connectivity index (χ0v) is 14.3. The summed E-state index contributed by atoms with van der Waals surface area (Å²) in [5.41, 5.74) is 1.16. The van der Waals surface area contributed by atoms with Crippen LogP contribution < -0.4 is 10.9 Å². The van der Waals surface area contributed by atoms with Crippen LogP contribution in [-0.2, 0) is 11.3 Å². The molecule has 0 saturated heterocycles. The average molecular weight is 339 g/mol. The Bertz CT molecular complexity index is 928. The number of fused-ring (bicyclic) bond motifs is 1. The zero-order valence-electron chi connectivity index (χ0n) is 14.3. The van der Waals surface area contributed by atoms with Gasteiger partial charge in [-0.3, -0.25) is 14.2 Å². The molecule has 0 unspecified atom stereocenters. The van der Waals surface area contributed by atoms with Crippen LogP contribution in [0.4, 0.5) is 0 Å². The number of amides is 1. The third kappa shape index (κ3) is 3.76. The molecular formula is C18H21N5O2. The first-order valence-corrected chi connectivity index (χ1v) is 8.31. The van der Waals surface area contributed by atoms with E-state index >= 15 is 0 Å². The van der Waals surface area contributed by atoms with E-state index in [0.29, 0.717) is 30.0 Å². The van der Waals surface area contributed by atoms with Gasteiger partial charge in [0.15, 0.2) is 5.65 Å². The van der Waals surface area contributed by atoms with Crippen LogP contribution in [0.3, 0.4) is 0 Å². The second-order valence-corrected chi connectivity index (χ2v) is 6.32. The van der Waals surface area contributed by atoms with Gasteiger partial charge in [0.1, 0.15) is 5.39 Å². The summed E-state index contributed by atoms with van der Waals surface area (Å²) in [4.78, 5) is 28.8. The number of benzene rings is 1. The van der Waals surface area contributed by atoms with Crippen molar-refractivity contribution in [1.29, 1.82) is 0 Å². The van der Waals surface area contributed by atoms with Gasteiger partial charge in [0, 0.05) is 19.5 Å². The summed E-state index contributed by atoms with van der Waals surface area (Å²) in [6.07, 6.45) is 3.24. The Morgan fingerprint density at radius 1 is 1.24 bits per heavy atom. The molecule has 25 heavy (non-hydrogen) atoms. The van der Waals surface area contributed by atoms with Gasteiger partial charge in [0.2, 0.25) is 5.91 Å². The van der Waals surface area contributed by atoms with E-state index in [1.54, 1.807) is 4.68 Å². The summed E-state index contributed by atoms with van der Waals surface area (Å²) in [5, 5.41) is 7.56. The molecule has 0 radical (unpaired) electrons. The van der Waals surface area contributed by atoms with E-state index < -0.39 is 0 Å². The number of aromatic nitrogens is 4. The first kappa shape index (κ1) is 16.9. The van der Waals surface area contributed by atoms with Gasteiger partial charge in [-0.1, -0.05) is 32.0 Å². The standard InChI is InChI=1S/C18H21N5O2/c1-13(2)10-19-16(24)8-9-22-12-20-17-15(18(22)25)11-21-23(17)14-6-4-3-5-7-14/h3-7,11-13H,8-10H2,1-2H3,(H,19,24). The fraction of sp³-hybridized carbons (Fsp3) is 0.333. The maximum Gasteiger partial charge on any atom is 0.264 e. The summed E-state index contributed by atoms with van der Waals surface area (Å²) >= 11 is 0. The van der Waals surface area contributed by atoms with Gasteiger partial charge in [-0.15, -0.1) is 0 Å². The lowest BCUT2D eigenvalue weighted by Crippen LogP contribution is -2.30. The fourth-order valence-electron chi connectivity index (χ4n) is 2.49. The molecule has 3 aromatic rings. The second-order valence-electron chi connectivity index (χ2n) is 6.32. The molecule has 0 spiro atoms. The zero-order chi connectivity index (χ0) is 17.8. The highest BCUT2D eigenvalue weighted by molar-refractivity contribution is 5.76. The van der Waals surface area contributed by atoms with Crippen molar-refractivity contribution in [3.8, 4) is 5.69 Å². The minimum atomic E-state index is -0.191. The SMILES string of the molecule is CC(C)CNC(=O)CCn1cnc2c(cnn2-c2ccccc2)c1=O. The van der Waals surface area contributed by atoms with Gasteiger partial charge in [-0.2, -0.15) is 5.10 Å². The van der Waals surface area contributed by atoms with Crippen molar-refractivity contribution >= 4 is 16.9 Å². The van der Waals surface area contributed by atoms with Crippen LogP contribution in [-0.4, -0.2) is 31.8 Å². The number of carbonyl (C=O) groups is 1. The third-order valence-electron chi connectivity index (χ3n) is 3.84. The van der Waals surface area contributed by atoms with E-state index in [9.17, 15) is 9.59 Å². The molecule has 0 atom stereocenters. The number of hydrogen-bond acceptors (Lipinski definition) is 4. The predicted molar refractivity (Wildman–Crippen MR) is 95.6 cm³/mol. The highest BCUT2D eigenvalue weighted by Crippen LogP contribution is 2.12. The van der Waals surface area contributed by atoms with Crippen molar-refractivity contribution in [2.45, 2.75) is 26.8 Å². The van der Waals surface area contributed by atoms with Crippen molar-refractivity contribution in [3.63, 3.8) is 0 Å². The first-order chi connectivity index (χ1) is 12.1. The lowest BCUT2D eigenvalue weighted by Gasteiger charge is -2.09. The van der Waals surface area contributed by atoms with Crippen LogP contribution in [0, 0.1) is 5.92 Å². The predicted octanol–water partition coefficient (Wildman–Crippen LogP) is 1.74. The van der Waals surface area contributed by atoms with Crippen LogP contribution in [0.1, 0.15) is 20.3 Å². The summed E-state index contributed by atoms with van der Waals surface area (Å²) in [7, 11) is 0.